The van der Waals surface area contributed by atoms with Crippen molar-refractivity contribution in [2.24, 2.45) is 10.8 Å². The van der Waals surface area contributed by atoms with Crippen molar-refractivity contribution in [3.8, 4) is 0 Å². The Labute approximate surface area is 243 Å². The third-order valence-corrected chi connectivity index (χ3v) is 1.78. The summed E-state index contributed by atoms with van der Waals surface area (Å²) >= 11 is 0. The molecule has 0 spiro atoms. The van der Waals surface area contributed by atoms with Crippen LogP contribution < -0.4 is 0 Å². The molecule has 0 aliphatic heterocycles. The summed E-state index contributed by atoms with van der Waals surface area (Å²) in [4.78, 5) is 0. The molecule has 0 rings (SSSR count). The van der Waals surface area contributed by atoms with E-state index in [9.17, 15) is 4.21 Å². The summed E-state index contributed by atoms with van der Waals surface area (Å²) in [5, 5.41) is 0. The van der Waals surface area contributed by atoms with Crippen LogP contribution in [0.5, 0.6) is 0 Å². The van der Waals surface area contributed by atoms with Gasteiger partial charge in [0.15, 0.2) is 0 Å². The molecular weight excluding hydrogens is 625 g/mol. The molecule has 0 aromatic heterocycles. The summed E-state index contributed by atoms with van der Waals surface area (Å²) < 4.78 is 10.5. The van der Waals surface area contributed by atoms with Crippen LogP contribution in [0.1, 0.15) is 41.5 Å². The van der Waals surface area contributed by atoms with Gasteiger partial charge in [0.2, 0.25) is 0 Å². The fourth-order valence-corrected chi connectivity index (χ4v) is 1.45. The van der Waals surface area contributed by atoms with Crippen LogP contribution in [-0.4, -0.2) is 11.6 Å². The van der Waals surface area contributed by atoms with Crippen molar-refractivity contribution >= 4 is 16.3 Å². The molecule has 0 fully saturated rings. The van der Waals surface area contributed by atoms with Crippen LogP contribution in [0.3, 0.4) is 0 Å². The Balaban J connectivity index is -0.0000000222. The van der Waals surface area contributed by atoms with E-state index in [1.165, 1.54) is 0 Å². The third kappa shape index (κ3) is 81.8. The maximum Gasteiger partial charge on any atom is 0 e. The number of hydrogen-bond acceptors (Lipinski definition) is 2. The molecule has 0 aromatic carbocycles. The van der Waals surface area contributed by atoms with Crippen molar-refractivity contribution in [1.29, 1.82) is 0 Å². The van der Waals surface area contributed by atoms with E-state index in [4.69, 9.17) is 0 Å². The van der Waals surface area contributed by atoms with Gasteiger partial charge < -0.3 is 11.1 Å². The van der Waals surface area contributed by atoms with E-state index in [1.807, 2.05) is 0 Å². The fraction of sp³-hybridized carbons (Fsp3) is 0.818. The molecule has 0 heterocycles. The average Bonchev–Trinajstić information content (AvgIpc) is 1.47. The molecule has 0 amide bonds. The number of hydrogen-bond donors (Lipinski definition) is 0. The molecular formula is C11H24OSY5-2. The maximum atomic E-state index is 10.5. The topological polar surface area (TPSA) is 17.1 Å². The van der Waals surface area contributed by atoms with Crippen molar-refractivity contribution in [2.75, 3.05) is 5.75 Å². The number of rotatable bonds is 1. The minimum atomic E-state index is -0.885. The molecule has 0 bridgehead atoms. The van der Waals surface area contributed by atoms with Crippen LogP contribution in [0.2, 0.25) is 0 Å². The van der Waals surface area contributed by atoms with Crippen LogP contribution in [0.15, 0.2) is 0 Å². The first-order valence-corrected chi connectivity index (χ1v) is 5.94. The summed E-state index contributed by atoms with van der Waals surface area (Å²) in [5.74, 6) is 4.08. The van der Waals surface area contributed by atoms with Crippen LogP contribution in [0.4, 0.5) is 0 Å². The molecule has 0 aliphatic carbocycles. The van der Waals surface area contributed by atoms with Gasteiger partial charge in [-0.2, -0.15) is 11.3 Å². The Bertz CT molecular complexity index is 190. The minimum Gasteiger partial charge on any atom is -0.462 e. The molecule has 0 aromatic rings. The monoisotopic (exact) mass is 649 g/mol. The van der Waals surface area contributed by atoms with Gasteiger partial charge >= 0.3 is 0 Å². The van der Waals surface area contributed by atoms with Crippen molar-refractivity contribution in [3.05, 3.63) is 6.92 Å². The average molecular weight is 649 g/mol. The predicted octanol–water partition coefficient (Wildman–Crippen LogP) is 3.28. The van der Waals surface area contributed by atoms with E-state index in [2.05, 4.69) is 54.3 Å². The summed E-state index contributed by atoms with van der Waals surface area (Å²) in [5.41, 5.74) is 0.409. The molecule has 0 aliphatic rings. The maximum absolute atomic E-state index is 10.5. The second kappa shape index (κ2) is 22.5. The van der Waals surface area contributed by atoms with Crippen LogP contribution in [0, 0.1) is 17.8 Å². The smallest absolute Gasteiger partial charge is 0 e. The minimum absolute atomic E-state index is 0. The van der Waals surface area contributed by atoms with Crippen molar-refractivity contribution in [3.63, 3.8) is 0 Å². The van der Waals surface area contributed by atoms with Crippen molar-refractivity contribution in [2.45, 2.75) is 41.5 Å². The van der Waals surface area contributed by atoms with Gasteiger partial charge in [0.05, 0.1) is 0 Å². The Kier molecular flexibility index (Phi) is 54.7. The molecule has 0 N–H and O–H groups in total. The zero-order valence-corrected chi connectivity index (χ0v) is 27.8. The Hall–Kier alpha value is 5.54. The Morgan fingerprint density at radius 1 is 0.889 bits per heavy atom. The van der Waals surface area contributed by atoms with Gasteiger partial charge in [-0.15, -0.1) is 5.75 Å². The Morgan fingerprint density at radius 3 is 1.06 bits per heavy atom. The quantitative estimate of drug-likeness (QED) is 0.243. The summed E-state index contributed by atoms with van der Waals surface area (Å²) in [6, 6.07) is 0. The molecule has 18 heavy (non-hydrogen) atoms. The molecule has 0 saturated carbocycles. The van der Waals surface area contributed by atoms with Gasteiger partial charge in [-0.25, -0.2) is 0 Å². The molecule has 0 atom stereocenters. The SMILES string of the molecule is C=[S-](=O)CC(C)(C)C.[CH2-]C(C)(C)C.[Y].[Y].[Y].[Y].[Y]. The molecule has 7 heteroatoms. The van der Waals surface area contributed by atoms with E-state index in [1.54, 1.807) is 0 Å². The predicted molar refractivity (Wildman–Crippen MR) is 64.3 cm³/mol. The zero-order chi connectivity index (χ0) is 11.3. The van der Waals surface area contributed by atoms with Gasteiger partial charge in [0.25, 0.3) is 0 Å². The Morgan fingerprint density at radius 2 is 1.06 bits per heavy atom. The first-order valence-electron chi connectivity index (χ1n) is 4.45. The standard InChI is InChI=1S/C6H13OS.C5H11.5Y/c1-6(2,3)5-8(4)7;1-5(2,3)4;;;;;/h4-5H2,1-3H3;1H2,2-4H3;;;;;/q2*-1;;;;;. The second-order valence-electron chi connectivity index (χ2n) is 5.71. The fourth-order valence-electron chi connectivity index (χ4n) is 0.483. The van der Waals surface area contributed by atoms with Crippen LogP contribution >= 0.6 is 0 Å². The van der Waals surface area contributed by atoms with E-state index in [0.29, 0.717) is 5.75 Å². The summed E-state index contributed by atoms with van der Waals surface area (Å²) in [6.07, 6.45) is 0. The van der Waals surface area contributed by atoms with Crippen LogP contribution in [0.25, 0.3) is 0 Å². The van der Waals surface area contributed by atoms with Gasteiger partial charge in [0, 0.05) is 164 Å². The first kappa shape index (κ1) is 43.7. The normalized spacial score (nSPS) is 8.89. The molecule has 0 unspecified atom stereocenters. The van der Waals surface area contributed by atoms with Crippen LogP contribution in [-0.2, 0) is 178 Å². The van der Waals surface area contributed by atoms with Gasteiger partial charge in [-0.05, 0) is 0 Å². The molecule has 1 nitrogen and oxygen atoms in total. The zero-order valence-electron chi connectivity index (χ0n) is 12.8. The van der Waals surface area contributed by atoms with E-state index >= 15 is 0 Å². The second-order valence-corrected chi connectivity index (χ2v) is 6.87. The third-order valence-electron chi connectivity index (χ3n) is 0.594. The van der Waals surface area contributed by atoms with Gasteiger partial charge in [-0.3, -0.25) is 10.4 Å². The van der Waals surface area contributed by atoms with E-state index in [0.717, 1.165) is 0 Å². The van der Waals surface area contributed by atoms with E-state index in [-0.39, 0.29) is 174 Å². The van der Waals surface area contributed by atoms with Crippen molar-refractivity contribution in [1.82, 2.24) is 0 Å². The summed E-state index contributed by atoms with van der Waals surface area (Å²) in [6.45, 7) is 16.2. The summed E-state index contributed by atoms with van der Waals surface area (Å²) in [7, 11) is -0.885. The van der Waals surface area contributed by atoms with E-state index < -0.39 is 10.4 Å². The first-order chi connectivity index (χ1) is 5.42. The van der Waals surface area contributed by atoms with Gasteiger partial charge in [-0.1, -0.05) is 47.0 Å². The van der Waals surface area contributed by atoms with Gasteiger partial charge in [0.1, 0.15) is 0 Å². The van der Waals surface area contributed by atoms with Crippen molar-refractivity contribution < 1.29 is 168 Å². The molecule has 5 radical (unpaired) electrons. The molecule has 0 saturated heterocycles. The molecule has 97 valence electrons. The largest absolute Gasteiger partial charge is 0.462 e.